The van der Waals surface area contributed by atoms with Crippen LogP contribution in [0.2, 0.25) is 0 Å². The summed E-state index contributed by atoms with van der Waals surface area (Å²) in [7, 11) is 0. The van der Waals surface area contributed by atoms with Crippen molar-refractivity contribution in [1.29, 1.82) is 0 Å². The van der Waals surface area contributed by atoms with Crippen molar-refractivity contribution in [3.05, 3.63) is 0 Å². The second kappa shape index (κ2) is 4.70. The lowest BCUT2D eigenvalue weighted by Gasteiger charge is -2.19. The minimum Gasteiger partial charge on any atom is -0.330 e. The topological polar surface area (TPSA) is 38.5 Å². The van der Waals surface area contributed by atoms with Gasteiger partial charge in [-0.2, -0.15) is 5.06 Å². The highest BCUT2D eigenvalue weighted by atomic mass is 16.7. The first-order chi connectivity index (χ1) is 5.38. The predicted molar refractivity (Wildman–Crippen MR) is 45.0 cm³/mol. The van der Waals surface area contributed by atoms with Crippen LogP contribution in [0.5, 0.6) is 0 Å². The SMILES string of the molecule is CCON(CCCN)C1CC1. The third-order valence-electron chi connectivity index (χ3n) is 1.83. The summed E-state index contributed by atoms with van der Waals surface area (Å²) in [6.07, 6.45) is 3.63. The van der Waals surface area contributed by atoms with Gasteiger partial charge >= 0.3 is 0 Å². The van der Waals surface area contributed by atoms with Crippen LogP contribution in [0.3, 0.4) is 0 Å². The van der Waals surface area contributed by atoms with Crippen LogP contribution in [0.15, 0.2) is 0 Å². The Morgan fingerprint density at radius 3 is 2.73 bits per heavy atom. The normalized spacial score (nSPS) is 17.7. The van der Waals surface area contributed by atoms with Crippen molar-refractivity contribution in [2.45, 2.75) is 32.2 Å². The fourth-order valence-electron chi connectivity index (χ4n) is 1.13. The number of rotatable bonds is 6. The van der Waals surface area contributed by atoms with Crippen LogP contribution in [0, 0.1) is 0 Å². The molecule has 1 fully saturated rings. The average molecular weight is 158 g/mol. The van der Waals surface area contributed by atoms with Gasteiger partial charge in [0.25, 0.3) is 0 Å². The Bertz CT molecular complexity index is 104. The van der Waals surface area contributed by atoms with Gasteiger partial charge < -0.3 is 5.73 Å². The zero-order valence-electron chi connectivity index (χ0n) is 7.25. The van der Waals surface area contributed by atoms with E-state index < -0.39 is 0 Å². The molecule has 0 aliphatic heterocycles. The molecule has 0 spiro atoms. The van der Waals surface area contributed by atoms with Crippen LogP contribution in [0.4, 0.5) is 0 Å². The minimum absolute atomic E-state index is 0.696. The fraction of sp³-hybridized carbons (Fsp3) is 1.00. The zero-order valence-corrected chi connectivity index (χ0v) is 7.25. The van der Waals surface area contributed by atoms with E-state index >= 15 is 0 Å². The number of nitrogens with two attached hydrogens (primary N) is 1. The lowest BCUT2D eigenvalue weighted by atomic mass is 10.4. The fourth-order valence-corrected chi connectivity index (χ4v) is 1.13. The maximum absolute atomic E-state index is 5.45. The Morgan fingerprint density at radius 2 is 2.27 bits per heavy atom. The van der Waals surface area contributed by atoms with Gasteiger partial charge in [0.1, 0.15) is 0 Å². The molecule has 0 aromatic rings. The van der Waals surface area contributed by atoms with Gasteiger partial charge in [0.05, 0.1) is 6.61 Å². The van der Waals surface area contributed by atoms with E-state index in [1.165, 1.54) is 12.8 Å². The lowest BCUT2D eigenvalue weighted by Crippen LogP contribution is -2.28. The molecule has 0 aromatic heterocycles. The van der Waals surface area contributed by atoms with Gasteiger partial charge in [0.2, 0.25) is 0 Å². The van der Waals surface area contributed by atoms with Gasteiger partial charge in [-0.05, 0) is 32.7 Å². The van der Waals surface area contributed by atoms with Crippen molar-refractivity contribution in [2.75, 3.05) is 19.7 Å². The van der Waals surface area contributed by atoms with E-state index in [0.717, 1.165) is 26.1 Å². The number of nitrogens with zero attached hydrogens (tertiary/aromatic N) is 1. The van der Waals surface area contributed by atoms with Gasteiger partial charge in [-0.15, -0.1) is 0 Å². The highest BCUT2D eigenvalue weighted by Gasteiger charge is 2.28. The van der Waals surface area contributed by atoms with E-state index in [2.05, 4.69) is 5.06 Å². The predicted octanol–water partition coefficient (Wildman–Crippen LogP) is 0.751. The minimum atomic E-state index is 0.696. The summed E-state index contributed by atoms with van der Waals surface area (Å²) >= 11 is 0. The van der Waals surface area contributed by atoms with Crippen LogP contribution in [-0.2, 0) is 4.84 Å². The molecule has 0 saturated heterocycles. The molecular weight excluding hydrogens is 140 g/mol. The van der Waals surface area contributed by atoms with Crippen molar-refractivity contribution < 1.29 is 4.84 Å². The summed E-state index contributed by atoms with van der Waals surface area (Å²) in [5.74, 6) is 0. The first-order valence-electron chi connectivity index (χ1n) is 4.48. The van der Waals surface area contributed by atoms with E-state index in [1.807, 2.05) is 6.92 Å². The van der Waals surface area contributed by atoms with E-state index in [1.54, 1.807) is 0 Å². The quantitative estimate of drug-likeness (QED) is 0.580. The Balaban J connectivity index is 2.10. The second-order valence-electron chi connectivity index (χ2n) is 2.93. The molecule has 0 aromatic carbocycles. The number of hydrogen-bond donors (Lipinski definition) is 1. The second-order valence-corrected chi connectivity index (χ2v) is 2.93. The monoisotopic (exact) mass is 158 g/mol. The van der Waals surface area contributed by atoms with E-state index in [-0.39, 0.29) is 0 Å². The molecule has 0 radical (unpaired) electrons. The molecule has 1 aliphatic carbocycles. The van der Waals surface area contributed by atoms with Crippen LogP contribution >= 0.6 is 0 Å². The van der Waals surface area contributed by atoms with Crippen LogP contribution in [0.1, 0.15) is 26.2 Å². The Hall–Kier alpha value is -0.120. The van der Waals surface area contributed by atoms with E-state index in [9.17, 15) is 0 Å². The standard InChI is InChI=1S/C8H18N2O/c1-2-11-10(7-3-6-9)8-4-5-8/h8H,2-7,9H2,1H3. The summed E-state index contributed by atoms with van der Waals surface area (Å²) in [4.78, 5) is 5.45. The summed E-state index contributed by atoms with van der Waals surface area (Å²) in [5.41, 5.74) is 5.41. The van der Waals surface area contributed by atoms with Gasteiger partial charge in [0, 0.05) is 12.6 Å². The van der Waals surface area contributed by atoms with Crippen molar-refractivity contribution >= 4 is 0 Å². The molecule has 1 rings (SSSR count). The molecule has 3 nitrogen and oxygen atoms in total. The molecule has 11 heavy (non-hydrogen) atoms. The molecule has 0 unspecified atom stereocenters. The van der Waals surface area contributed by atoms with Gasteiger partial charge in [-0.25, -0.2) is 0 Å². The molecule has 0 amide bonds. The largest absolute Gasteiger partial charge is 0.330 e. The molecule has 2 N–H and O–H groups in total. The molecule has 0 atom stereocenters. The van der Waals surface area contributed by atoms with Crippen molar-refractivity contribution in [2.24, 2.45) is 5.73 Å². The average Bonchev–Trinajstić information content (AvgIpc) is 2.80. The Kier molecular flexibility index (Phi) is 3.83. The van der Waals surface area contributed by atoms with Gasteiger partial charge in [0.15, 0.2) is 0 Å². The zero-order chi connectivity index (χ0) is 8.10. The first-order valence-corrected chi connectivity index (χ1v) is 4.48. The maximum atomic E-state index is 5.45. The highest BCUT2D eigenvalue weighted by Crippen LogP contribution is 2.26. The molecule has 0 heterocycles. The van der Waals surface area contributed by atoms with Crippen molar-refractivity contribution in [1.82, 2.24) is 5.06 Å². The smallest absolute Gasteiger partial charge is 0.0657 e. The van der Waals surface area contributed by atoms with Crippen LogP contribution in [-0.4, -0.2) is 30.8 Å². The molecule has 0 bridgehead atoms. The third kappa shape index (κ3) is 3.18. The lowest BCUT2D eigenvalue weighted by molar-refractivity contribution is -0.162. The van der Waals surface area contributed by atoms with Crippen LogP contribution < -0.4 is 5.73 Å². The summed E-state index contributed by atoms with van der Waals surface area (Å²) in [5, 5.41) is 2.09. The number of hydrogen-bond acceptors (Lipinski definition) is 3. The highest BCUT2D eigenvalue weighted by molar-refractivity contribution is 4.80. The Labute approximate surface area is 68.5 Å². The third-order valence-corrected chi connectivity index (χ3v) is 1.83. The molecular formula is C8H18N2O. The summed E-state index contributed by atoms with van der Waals surface area (Å²) in [6, 6.07) is 0.696. The first kappa shape index (κ1) is 8.97. The molecule has 3 heteroatoms. The van der Waals surface area contributed by atoms with Crippen LogP contribution in [0.25, 0.3) is 0 Å². The maximum Gasteiger partial charge on any atom is 0.0657 e. The van der Waals surface area contributed by atoms with Gasteiger partial charge in [-0.3, -0.25) is 4.84 Å². The van der Waals surface area contributed by atoms with Crippen molar-refractivity contribution in [3.8, 4) is 0 Å². The Morgan fingerprint density at radius 1 is 1.55 bits per heavy atom. The molecule has 66 valence electrons. The molecule has 1 saturated carbocycles. The van der Waals surface area contributed by atoms with Crippen molar-refractivity contribution in [3.63, 3.8) is 0 Å². The van der Waals surface area contributed by atoms with E-state index in [0.29, 0.717) is 6.04 Å². The number of hydroxylamine groups is 2. The summed E-state index contributed by atoms with van der Waals surface area (Å²) in [6.45, 7) is 4.56. The molecule has 1 aliphatic rings. The summed E-state index contributed by atoms with van der Waals surface area (Å²) < 4.78 is 0. The van der Waals surface area contributed by atoms with Gasteiger partial charge in [-0.1, -0.05) is 0 Å². The van der Waals surface area contributed by atoms with E-state index in [4.69, 9.17) is 10.6 Å².